The Hall–Kier alpha value is -3.84. The first kappa shape index (κ1) is 22.9. The Morgan fingerprint density at radius 1 is 0.886 bits per heavy atom. The van der Waals surface area contributed by atoms with Crippen molar-refractivity contribution >= 4 is 39.2 Å². The number of aromatic nitrogens is 3. The molecule has 1 atom stereocenters. The number of rotatable bonds is 5. The van der Waals surface area contributed by atoms with Gasteiger partial charge in [-0.3, -0.25) is 19.7 Å². The van der Waals surface area contributed by atoms with Gasteiger partial charge in [-0.15, -0.1) is 0 Å². The Kier molecular flexibility index (Phi) is 5.94. The van der Waals surface area contributed by atoms with Crippen LogP contribution in [-0.2, 0) is 6.18 Å². The van der Waals surface area contributed by atoms with Crippen LogP contribution in [0.15, 0.2) is 85.3 Å². The summed E-state index contributed by atoms with van der Waals surface area (Å²) in [6, 6.07) is 17.9. The number of alkyl halides is 3. The molecule has 8 heteroatoms. The third-order valence-corrected chi connectivity index (χ3v) is 6.18. The number of para-hydroxylation sites is 1. The van der Waals surface area contributed by atoms with E-state index >= 15 is 0 Å². The van der Waals surface area contributed by atoms with Crippen LogP contribution in [0.3, 0.4) is 0 Å². The molecule has 174 valence electrons. The van der Waals surface area contributed by atoms with Crippen molar-refractivity contribution in [2.24, 2.45) is 0 Å². The molecule has 0 radical (unpaired) electrons. The van der Waals surface area contributed by atoms with Crippen molar-refractivity contribution in [1.29, 1.82) is 0 Å². The molecule has 0 N–H and O–H groups in total. The lowest BCUT2D eigenvalue weighted by Crippen LogP contribution is -2.17. The molecule has 0 amide bonds. The van der Waals surface area contributed by atoms with Gasteiger partial charge in [-0.2, -0.15) is 13.2 Å². The summed E-state index contributed by atoms with van der Waals surface area (Å²) >= 11 is 6.22. The van der Waals surface area contributed by atoms with Crippen LogP contribution in [0.5, 0.6) is 0 Å². The number of benzene rings is 2. The highest BCUT2D eigenvalue weighted by molar-refractivity contribution is 6.35. The number of ketones is 1. The zero-order chi connectivity index (χ0) is 24.6. The number of pyridine rings is 3. The van der Waals surface area contributed by atoms with Crippen LogP contribution in [0.1, 0.15) is 39.5 Å². The molecule has 0 aliphatic carbocycles. The van der Waals surface area contributed by atoms with Gasteiger partial charge in [0.15, 0.2) is 5.78 Å². The first-order valence-electron chi connectivity index (χ1n) is 10.8. The standard InChI is InChI=1S/C27H17ClF3N3O/c28-22-7-1-4-18-12-19(15-34-25(18)22)20(26-21(27(29,30)31)6-3-11-33-26)14-24(35)17-9-8-16-5-2-10-32-23(16)13-17/h1-13,15,20H,14H2/t20-/m0/s1. The summed E-state index contributed by atoms with van der Waals surface area (Å²) in [5.41, 5.74) is 0.852. The van der Waals surface area contributed by atoms with E-state index in [2.05, 4.69) is 15.0 Å². The summed E-state index contributed by atoms with van der Waals surface area (Å²) < 4.78 is 41.7. The highest BCUT2D eigenvalue weighted by Crippen LogP contribution is 2.39. The number of halogens is 4. The minimum absolute atomic E-state index is 0.226. The Bertz CT molecular complexity index is 1570. The molecule has 2 aromatic carbocycles. The SMILES string of the molecule is O=C(C[C@@H](c1cnc2c(Cl)cccc2c1)c1ncccc1C(F)(F)F)c1ccc2cccnc2c1. The van der Waals surface area contributed by atoms with Crippen molar-refractivity contribution in [3.8, 4) is 0 Å². The molecule has 0 aliphatic heterocycles. The maximum absolute atomic E-state index is 13.9. The molecular formula is C27H17ClF3N3O. The van der Waals surface area contributed by atoms with Crippen molar-refractivity contribution in [3.63, 3.8) is 0 Å². The van der Waals surface area contributed by atoms with Gasteiger partial charge in [-0.05, 0) is 42.0 Å². The van der Waals surface area contributed by atoms with Crippen LogP contribution in [0, 0.1) is 0 Å². The Balaban J connectivity index is 1.62. The zero-order valence-electron chi connectivity index (χ0n) is 18.1. The van der Waals surface area contributed by atoms with E-state index in [9.17, 15) is 18.0 Å². The van der Waals surface area contributed by atoms with Crippen molar-refractivity contribution < 1.29 is 18.0 Å². The van der Waals surface area contributed by atoms with Crippen molar-refractivity contribution in [2.75, 3.05) is 0 Å². The summed E-state index contributed by atoms with van der Waals surface area (Å²) in [7, 11) is 0. The number of carbonyl (C=O) groups excluding carboxylic acids is 1. The molecule has 0 saturated heterocycles. The lowest BCUT2D eigenvalue weighted by molar-refractivity contribution is -0.138. The topological polar surface area (TPSA) is 55.7 Å². The van der Waals surface area contributed by atoms with E-state index in [1.54, 1.807) is 54.7 Å². The van der Waals surface area contributed by atoms with Crippen LogP contribution in [0.25, 0.3) is 21.8 Å². The molecule has 0 fully saturated rings. The molecule has 0 unspecified atom stereocenters. The quantitative estimate of drug-likeness (QED) is 0.243. The lowest BCUT2D eigenvalue weighted by atomic mass is 9.86. The van der Waals surface area contributed by atoms with Gasteiger partial charge < -0.3 is 0 Å². The summed E-state index contributed by atoms with van der Waals surface area (Å²) in [5.74, 6) is -1.30. The minimum Gasteiger partial charge on any atom is -0.294 e. The van der Waals surface area contributed by atoms with E-state index < -0.39 is 17.7 Å². The van der Waals surface area contributed by atoms with Gasteiger partial charge in [0.1, 0.15) is 0 Å². The van der Waals surface area contributed by atoms with Gasteiger partial charge in [0.25, 0.3) is 0 Å². The van der Waals surface area contributed by atoms with Gasteiger partial charge in [0, 0.05) is 47.3 Å². The average Bonchev–Trinajstić information content (AvgIpc) is 2.86. The van der Waals surface area contributed by atoms with Gasteiger partial charge in [0.2, 0.25) is 0 Å². The molecule has 5 rings (SSSR count). The van der Waals surface area contributed by atoms with E-state index in [0.717, 1.165) is 11.5 Å². The highest BCUT2D eigenvalue weighted by Gasteiger charge is 2.37. The summed E-state index contributed by atoms with van der Waals surface area (Å²) in [6.45, 7) is 0. The summed E-state index contributed by atoms with van der Waals surface area (Å²) in [5, 5.41) is 1.95. The molecular weight excluding hydrogens is 475 g/mol. The Morgan fingerprint density at radius 2 is 1.66 bits per heavy atom. The third-order valence-electron chi connectivity index (χ3n) is 5.88. The second-order valence-corrected chi connectivity index (χ2v) is 8.51. The molecule has 3 aromatic heterocycles. The number of hydrogen-bond acceptors (Lipinski definition) is 4. The first-order valence-corrected chi connectivity index (χ1v) is 11.1. The van der Waals surface area contributed by atoms with E-state index in [-0.39, 0.29) is 17.9 Å². The average molecular weight is 492 g/mol. The minimum atomic E-state index is -4.63. The van der Waals surface area contributed by atoms with Gasteiger partial charge in [-0.25, -0.2) is 0 Å². The fourth-order valence-electron chi connectivity index (χ4n) is 4.18. The van der Waals surface area contributed by atoms with Crippen LogP contribution in [-0.4, -0.2) is 20.7 Å². The van der Waals surface area contributed by atoms with E-state index in [1.807, 2.05) is 6.07 Å². The molecule has 0 aliphatic rings. The largest absolute Gasteiger partial charge is 0.418 e. The number of hydrogen-bond donors (Lipinski definition) is 0. The predicted molar refractivity (Wildman–Crippen MR) is 129 cm³/mol. The van der Waals surface area contributed by atoms with Crippen LogP contribution >= 0.6 is 11.6 Å². The second kappa shape index (κ2) is 9.07. The molecule has 5 aromatic rings. The summed E-state index contributed by atoms with van der Waals surface area (Å²) in [6.07, 6.45) is -0.484. The lowest BCUT2D eigenvalue weighted by Gasteiger charge is -2.21. The number of Topliss-reactive ketones (excluding diaryl/α,β-unsaturated/α-hetero) is 1. The molecule has 0 saturated carbocycles. The Labute approximate surface area is 203 Å². The van der Waals surface area contributed by atoms with Gasteiger partial charge in [0.05, 0.1) is 27.3 Å². The van der Waals surface area contributed by atoms with Crippen LogP contribution < -0.4 is 0 Å². The predicted octanol–water partition coefficient (Wildman–Crippen LogP) is 7.26. The van der Waals surface area contributed by atoms with Crippen molar-refractivity contribution in [1.82, 2.24) is 15.0 Å². The number of carbonyl (C=O) groups is 1. The Morgan fingerprint density at radius 3 is 2.49 bits per heavy atom. The third kappa shape index (κ3) is 4.59. The smallest absolute Gasteiger partial charge is 0.294 e. The van der Waals surface area contributed by atoms with Crippen LogP contribution in [0.4, 0.5) is 13.2 Å². The fraction of sp³-hybridized carbons (Fsp3) is 0.111. The molecule has 0 bridgehead atoms. The van der Waals surface area contributed by atoms with Crippen LogP contribution in [0.2, 0.25) is 5.02 Å². The molecule has 3 heterocycles. The van der Waals surface area contributed by atoms with Crippen molar-refractivity contribution in [2.45, 2.75) is 18.5 Å². The van der Waals surface area contributed by atoms with E-state index in [1.165, 1.54) is 18.5 Å². The number of fused-ring (bicyclic) bond motifs is 2. The number of nitrogens with zero attached hydrogens (tertiary/aromatic N) is 3. The molecule has 35 heavy (non-hydrogen) atoms. The van der Waals surface area contributed by atoms with E-state index in [0.29, 0.717) is 32.6 Å². The second-order valence-electron chi connectivity index (χ2n) is 8.10. The zero-order valence-corrected chi connectivity index (χ0v) is 18.9. The highest BCUT2D eigenvalue weighted by atomic mass is 35.5. The normalized spacial score (nSPS) is 12.7. The molecule has 4 nitrogen and oxygen atoms in total. The van der Waals surface area contributed by atoms with Gasteiger partial charge in [-0.1, -0.05) is 41.9 Å². The summed E-state index contributed by atoms with van der Waals surface area (Å²) in [4.78, 5) is 26.1. The molecule has 0 spiro atoms. The monoisotopic (exact) mass is 491 g/mol. The van der Waals surface area contributed by atoms with Gasteiger partial charge >= 0.3 is 6.18 Å². The fourth-order valence-corrected chi connectivity index (χ4v) is 4.41. The maximum Gasteiger partial charge on any atom is 0.418 e. The first-order chi connectivity index (χ1) is 16.8. The maximum atomic E-state index is 13.9. The van der Waals surface area contributed by atoms with Crippen molar-refractivity contribution in [3.05, 3.63) is 113 Å². The van der Waals surface area contributed by atoms with E-state index in [4.69, 9.17) is 11.6 Å².